The summed E-state index contributed by atoms with van der Waals surface area (Å²) in [5.41, 5.74) is 0.623. The van der Waals surface area contributed by atoms with E-state index in [9.17, 15) is 13.2 Å². The lowest BCUT2D eigenvalue weighted by Gasteiger charge is -2.23. The van der Waals surface area contributed by atoms with Gasteiger partial charge in [0.2, 0.25) is 0 Å². The SMILES string of the molecule is CN(C(=O)Nc1ccc(Oc2ccccc2)cc1)C1CCS(=O)(=O)C1. The molecule has 7 heteroatoms. The lowest BCUT2D eigenvalue weighted by molar-refractivity contribution is 0.209. The fourth-order valence-electron chi connectivity index (χ4n) is 2.69. The van der Waals surface area contributed by atoms with Crippen molar-refractivity contribution < 1.29 is 17.9 Å². The highest BCUT2D eigenvalue weighted by Crippen LogP contribution is 2.23. The molecule has 1 aliphatic heterocycles. The second-order valence-electron chi connectivity index (χ2n) is 6.04. The number of amides is 2. The lowest BCUT2D eigenvalue weighted by Crippen LogP contribution is -2.40. The first-order valence-corrected chi connectivity index (χ1v) is 9.82. The number of hydrogen-bond acceptors (Lipinski definition) is 4. The largest absolute Gasteiger partial charge is 0.457 e. The third-order valence-electron chi connectivity index (χ3n) is 4.16. The van der Waals surface area contributed by atoms with Crippen LogP contribution in [0.3, 0.4) is 0 Å². The number of carbonyl (C=O) groups is 1. The van der Waals surface area contributed by atoms with Crippen molar-refractivity contribution in [3.8, 4) is 11.5 Å². The average molecular weight is 360 g/mol. The van der Waals surface area contributed by atoms with Gasteiger partial charge >= 0.3 is 6.03 Å². The van der Waals surface area contributed by atoms with Crippen molar-refractivity contribution in [3.63, 3.8) is 0 Å². The van der Waals surface area contributed by atoms with Gasteiger partial charge in [0.15, 0.2) is 9.84 Å². The smallest absolute Gasteiger partial charge is 0.321 e. The van der Waals surface area contributed by atoms with E-state index in [1.165, 1.54) is 4.90 Å². The number of anilines is 1. The van der Waals surface area contributed by atoms with Crippen molar-refractivity contribution in [2.75, 3.05) is 23.9 Å². The monoisotopic (exact) mass is 360 g/mol. The Balaban J connectivity index is 1.58. The maximum atomic E-state index is 12.3. The fraction of sp³-hybridized carbons (Fsp3) is 0.278. The molecule has 6 nitrogen and oxygen atoms in total. The number of urea groups is 1. The first-order chi connectivity index (χ1) is 11.9. The molecule has 3 rings (SSSR count). The van der Waals surface area contributed by atoms with Crippen LogP contribution in [0.5, 0.6) is 11.5 Å². The zero-order valence-electron chi connectivity index (χ0n) is 13.9. The highest BCUT2D eigenvalue weighted by Gasteiger charge is 2.32. The van der Waals surface area contributed by atoms with Crippen molar-refractivity contribution in [2.45, 2.75) is 12.5 Å². The summed E-state index contributed by atoms with van der Waals surface area (Å²) in [4.78, 5) is 13.7. The second kappa shape index (κ2) is 7.14. The van der Waals surface area contributed by atoms with Gasteiger partial charge in [-0.25, -0.2) is 13.2 Å². The van der Waals surface area contributed by atoms with Crippen molar-refractivity contribution >= 4 is 21.6 Å². The van der Waals surface area contributed by atoms with Crippen LogP contribution in [0.25, 0.3) is 0 Å². The van der Waals surface area contributed by atoms with Crippen LogP contribution in [-0.4, -0.2) is 43.9 Å². The van der Waals surface area contributed by atoms with Crippen LogP contribution in [0.2, 0.25) is 0 Å². The number of ether oxygens (including phenoxy) is 1. The van der Waals surface area contributed by atoms with E-state index >= 15 is 0 Å². The molecule has 1 fully saturated rings. The first-order valence-electron chi connectivity index (χ1n) is 8.00. The number of carbonyl (C=O) groups excluding carboxylic acids is 1. The zero-order chi connectivity index (χ0) is 17.9. The summed E-state index contributed by atoms with van der Waals surface area (Å²) < 4.78 is 28.8. The summed E-state index contributed by atoms with van der Waals surface area (Å²) in [6.45, 7) is 0. The van der Waals surface area contributed by atoms with Gasteiger partial charge in [0.05, 0.1) is 11.5 Å². The first kappa shape index (κ1) is 17.3. The molecule has 1 N–H and O–H groups in total. The third-order valence-corrected chi connectivity index (χ3v) is 5.91. The molecule has 0 radical (unpaired) electrons. The summed E-state index contributed by atoms with van der Waals surface area (Å²) in [5, 5.41) is 2.77. The Morgan fingerprint density at radius 1 is 1.08 bits per heavy atom. The molecular weight excluding hydrogens is 340 g/mol. The molecule has 1 unspecified atom stereocenters. The molecule has 1 heterocycles. The molecule has 0 saturated carbocycles. The predicted molar refractivity (Wildman–Crippen MR) is 96.8 cm³/mol. The van der Waals surface area contributed by atoms with E-state index in [0.29, 0.717) is 17.9 Å². The van der Waals surface area contributed by atoms with E-state index in [0.717, 1.165) is 5.75 Å². The molecule has 0 spiro atoms. The lowest BCUT2D eigenvalue weighted by atomic mass is 10.2. The van der Waals surface area contributed by atoms with E-state index in [2.05, 4.69) is 5.32 Å². The minimum atomic E-state index is -3.02. The number of benzene rings is 2. The summed E-state index contributed by atoms with van der Waals surface area (Å²) >= 11 is 0. The van der Waals surface area contributed by atoms with E-state index in [4.69, 9.17) is 4.74 Å². The fourth-order valence-corrected chi connectivity index (χ4v) is 4.46. The molecule has 0 aliphatic carbocycles. The van der Waals surface area contributed by atoms with Crippen molar-refractivity contribution in [1.29, 1.82) is 0 Å². The van der Waals surface area contributed by atoms with Crippen molar-refractivity contribution in [2.24, 2.45) is 0 Å². The van der Waals surface area contributed by atoms with E-state index in [-0.39, 0.29) is 23.6 Å². The summed E-state index contributed by atoms with van der Waals surface area (Å²) in [6.07, 6.45) is 0.482. The molecule has 1 aliphatic rings. The quantitative estimate of drug-likeness (QED) is 0.909. The Morgan fingerprint density at radius 3 is 2.32 bits per heavy atom. The molecule has 0 bridgehead atoms. The second-order valence-corrected chi connectivity index (χ2v) is 8.27. The van der Waals surface area contributed by atoms with Gasteiger partial charge < -0.3 is 15.0 Å². The van der Waals surface area contributed by atoms with Gasteiger partial charge in [-0.1, -0.05) is 18.2 Å². The Kier molecular flexibility index (Phi) is 4.94. The van der Waals surface area contributed by atoms with Crippen molar-refractivity contribution in [3.05, 3.63) is 54.6 Å². The Hall–Kier alpha value is -2.54. The number of nitrogens with zero attached hydrogens (tertiary/aromatic N) is 1. The van der Waals surface area contributed by atoms with Crippen LogP contribution in [0.4, 0.5) is 10.5 Å². The van der Waals surface area contributed by atoms with E-state index in [1.807, 2.05) is 30.3 Å². The molecule has 2 amide bonds. The summed E-state index contributed by atoms with van der Waals surface area (Å²) in [5.74, 6) is 1.57. The predicted octanol–water partition coefficient (Wildman–Crippen LogP) is 3.13. The topological polar surface area (TPSA) is 75.7 Å². The Labute approximate surface area is 147 Å². The highest BCUT2D eigenvalue weighted by atomic mass is 32.2. The standard InChI is InChI=1S/C18H20N2O4S/c1-20(15-11-12-25(22,23)13-15)18(21)19-14-7-9-17(10-8-14)24-16-5-3-2-4-6-16/h2-10,15H,11-13H2,1H3,(H,19,21). The molecular formula is C18H20N2O4S. The van der Waals surface area contributed by atoms with Crippen LogP contribution in [0.15, 0.2) is 54.6 Å². The number of rotatable bonds is 4. The van der Waals surface area contributed by atoms with Gasteiger partial charge in [0, 0.05) is 18.8 Å². The van der Waals surface area contributed by atoms with Crippen LogP contribution in [-0.2, 0) is 9.84 Å². The summed E-state index contributed by atoms with van der Waals surface area (Å²) in [6, 6.07) is 15.9. The van der Waals surface area contributed by atoms with Crippen LogP contribution in [0.1, 0.15) is 6.42 Å². The Bertz CT molecular complexity index is 835. The van der Waals surface area contributed by atoms with Gasteiger partial charge in [-0.15, -0.1) is 0 Å². The van der Waals surface area contributed by atoms with Crippen LogP contribution in [0, 0.1) is 0 Å². The van der Waals surface area contributed by atoms with Crippen molar-refractivity contribution in [1.82, 2.24) is 4.90 Å². The zero-order valence-corrected chi connectivity index (χ0v) is 14.7. The van der Waals surface area contributed by atoms with Gasteiger partial charge in [-0.3, -0.25) is 0 Å². The maximum Gasteiger partial charge on any atom is 0.321 e. The average Bonchev–Trinajstić information content (AvgIpc) is 2.97. The Morgan fingerprint density at radius 2 is 1.72 bits per heavy atom. The van der Waals surface area contributed by atoms with Crippen LogP contribution >= 0.6 is 0 Å². The molecule has 0 aromatic heterocycles. The molecule has 1 saturated heterocycles. The molecule has 2 aromatic carbocycles. The molecule has 2 aromatic rings. The van der Waals surface area contributed by atoms with Gasteiger partial charge in [0.25, 0.3) is 0 Å². The van der Waals surface area contributed by atoms with Gasteiger partial charge in [0.1, 0.15) is 11.5 Å². The summed E-state index contributed by atoms with van der Waals surface area (Å²) in [7, 11) is -1.40. The number of para-hydroxylation sites is 1. The van der Waals surface area contributed by atoms with E-state index < -0.39 is 9.84 Å². The van der Waals surface area contributed by atoms with Gasteiger partial charge in [-0.05, 0) is 42.8 Å². The van der Waals surface area contributed by atoms with Crippen LogP contribution < -0.4 is 10.1 Å². The number of nitrogens with one attached hydrogen (secondary N) is 1. The molecule has 132 valence electrons. The van der Waals surface area contributed by atoms with E-state index in [1.54, 1.807) is 31.3 Å². The third kappa shape index (κ3) is 4.51. The highest BCUT2D eigenvalue weighted by molar-refractivity contribution is 7.91. The molecule has 1 atom stereocenters. The van der Waals surface area contributed by atoms with Gasteiger partial charge in [-0.2, -0.15) is 0 Å². The maximum absolute atomic E-state index is 12.3. The molecule has 25 heavy (non-hydrogen) atoms. The minimum absolute atomic E-state index is 0.0285. The number of sulfone groups is 1. The normalized spacial score (nSPS) is 18.5. The minimum Gasteiger partial charge on any atom is -0.457 e. The number of hydrogen-bond donors (Lipinski definition) is 1.